The molecule has 0 bridgehead atoms. The SMILES string of the molecule is Cc1cccc(Cl)c1CC(=O)c1cnc(Nc2cc(=O)n(CCC(=O)NO)c(C)n2)s1. The maximum atomic E-state index is 12.7. The molecule has 0 saturated heterocycles. The number of thiazole rings is 1. The van der Waals surface area contributed by atoms with Crippen molar-refractivity contribution in [1.29, 1.82) is 0 Å². The summed E-state index contributed by atoms with van der Waals surface area (Å²) in [6, 6.07) is 6.77. The van der Waals surface area contributed by atoms with E-state index in [1.54, 1.807) is 13.0 Å². The molecule has 3 rings (SSSR count). The molecule has 162 valence electrons. The van der Waals surface area contributed by atoms with Crippen LogP contribution in [0.2, 0.25) is 5.02 Å². The normalized spacial score (nSPS) is 10.7. The van der Waals surface area contributed by atoms with Crippen molar-refractivity contribution < 1.29 is 14.8 Å². The van der Waals surface area contributed by atoms with Crippen LogP contribution in [0.4, 0.5) is 10.9 Å². The van der Waals surface area contributed by atoms with E-state index in [2.05, 4.69) is 15.3 Å². The lowest BCUT2D eigenvalue weighted by atomic mass is 10.0. The highest BCUT2D eigenvalue weighted by Gasteiger charge is 2.15. The third kappa shape index (κ3) is 5.54. The molecule has 0 fully saturated rings. The van der Waals surface area contributed by atoms with E-state index >= 15 is 0 Å². The number of aromatic nitrogens is 3. The molecule has 0 spiro atoms. The Kier molecular flexibility index (Phi) is 7.16. The Morgan fingerprint density at radius 3 is 2.74 bits per heavy atom. The highest BCUT2D eigenvalue weighted by Crippen LogP contribution is 2.25. The number of carbonyl (C=O) groups excluding carboxylic acids is 2. The fraction of sp³-hybridized carbons (Fsp3) is 0.250. The predicted octanol–water partition coefficient (Wildman–Crippen LogP) is 3.03. The molecule has 31 heavy (non-hydrogen) atoms. The van der Waals surface area contributed by atoms with Crippen LogP contribution in [-0.4, -0.2) is 31.4 Å². The Labute approximate surface area is 186 Å². The largest absolute Gasteiger partial charge is 0.316 e. The molecule has 2 aromatic heterocycles. The average Bonchev–Trinajstić information content (AvgIpc) is 3.18. The minimum absolute atomic E-state index is 0.0610. The number of amides is 1. The van der Waals surface area contributed by atoms with Crippen molar-refractivity contribution in [3.8, 4) is 0 Å². The minimum atomic E-state index is -0.597. The van der Waals surface area contributed by atoms with Crippen molar-refractivity contribution in [2.75, 3.05) is 5.32 Å². The molecule has 3 aromatic rings. The lowest BCUT2D eigenvalue weighted by Gasteiger charge is -2.10. The van der Waals surface area contributed by atoms with Gasteiger partial charge >= 0.3 is 0 Å². The number of carbonyl (C=O) groups is 2. The van der Waals surface area contributed by atoms with Gasteiger partial charge in [-0.2, -0.15) is 0 Å². The molecule has 11 heteroatoms. The topological polar surface area (TPSA) is 126 Å². The van der Waals surface area contributed by atoms with Crippen molar-refractivity contribution in [3.63, 3.8) is 0 Å². The van der Waals surface area contributed by atoms with Crippen molar-refractivity contribution in [1.82, 2.24) is 20.0 Å². The van der Waals surface area contributed by atoms with Crippen LogP contribution in [0.5, 0.6) is 0 Å². The fourth-order valence-corrected chi connectivity index (χ4v) is 3.98. The zero-order chi connectivity index (χ0) is 22.5. The first kappa shape index (κ1) is 22.6. The molecule has 1 amide bonds. The van der Waals surface area contributed by atoms with Crippen LogP contribution in [0.1, 0.15) is 33.0 Å². The fourth-order valence-electron chi connectivity index (χ4n) is 2.93. The standard InChI is InChI=1S/C20H20ClN5O4S/c1-11-4-3-5-14(21)13(11)8-15(27)16-10-22-20(31-16)24-17-9-19(29)26(12(2)23-17)7-6-18(28)25-30/h3-5,9-10,30H,6-8H2,1-2H3,(H,22,24)(H,25,28). The van der Waals surface area contributed by atoms with Gasteiger partial charge in [0.1, 0.15) is 11.6 Å². The van der Waals surface area contributed by atoms with Crippen LogP contribution in [0, 0.1) is 13.8 Å². The highest BCUT2D eigenvalue weighted by atomic mass is 35.5. The molecule has 0 aliphatic rings. The van der Waals surface area contributed by atoms with Gasteiger partial charge in [-0.3, -0.25) is 24.2 Å². The summed E-state index contributed by atoms with van der Waals surface area (Å²) in [5, 5.41) is 12.5. The Bertz CT molecular complexity index is 1170. The average molecular weight is 462 g/mol. The van der Waals surface area contributed by atoms with Gasteiger partial charge in [0.05, 0.1) is 11.1 Å². The molecule has 0 radical (unpaired) electrons. The summed E-state index contributed by atoms with van der Waals surface area (Å²) in [5.74, 6) is -0.0348. The van der Waals surface area contributed by atoms with Crippen molar-refractivity contribution >= 4 is 45.6 Å². The van der Waals surface area contributed by atoms with E-state index in [1.165, 1.54) is 22.3 Å². The Morgan fingerprint density at radius 1 is 1.29 bits per heavy atom. The van der Waals surface area contributed by atoms with E-state index in [4.69, 9.17) is 16.8 Å². The number of nitrogens with zero attached hydrogens (tertiary/aromatic N) is 3. The quantitative estimate of drug-likeness (QED) is 0.267. The number of hydrogen-bond acceptors (Lipinski definition) is 8. The summed E-state index contributed by atoms with van der Waals surface area (Å²) < 4.78 is 1.32. The van der Waals surface area contributed by atoms with Gasteiger partial charge in [0, 0.05) is 30.5 Å². The number of hydrogen-bond donors (Lipinski definition) is 3. The molecule has 0 atom stereocenters. The highest BCUT2D eigenvalue weighted by molar-refractivity contribution is 7.17. The van der Waals surface area contributed by atoms with E-state index in [1.807, 2.05) is 19.1 Å². The summed E-state index contributed by atoms with van der Waals surface area (Å²) in [7, 11) is 0. The predicted molar refractivity (Wildman–Crippen MR) is 117 cm³/mol. The first-order valence-corrected chi connectivity index (χ1v) is 10.5. The first-order chi connectivity index (χ1) is 14.8. The lowest BCUT2D eigenvalue weighted by Crippen LogP contribution is -2.27. The molecule has 0 unspecified atom stereocenters. The third-order valence-electron chi connectivity index (χ3n) is 4.59. The van der Waals surface area contributed by atoms with Gasteiger partial charge in [-0.1, -0.05) is 35.1 Å². The van der Waals surface area contributed by atoms with Crippen LogP contribution < -0.4 is 16.4 Å². The van der Waals surface area contributed by atoms with Gasteiger partial charge in [0.15, 0.2) is 10.9 Å². The zero-order valence-electron chi connectivity index (χ0n) is 16.8. The molecule has 0 aliphatic carbocycles. The van der Waals surface area contributed by atoms with Gasteiger partial charge < -0.3 is 5.32 Å². The van der Waals surface area contributed by atoms with Gasteiger partial charge in [-0.25, -0.2) is 15.4 Å². The smallest absolute Gasteiger partial charge is 0.255 e. The number of halogens is 1. The number of nitrogens with one attached hydrogen (secondary N) is 2. The van der Waals surface area contributed by atoms with Gasteiger partial charge in [0.25, 0.3) is 5.56 Å². The summed E-state index contributed by atoms with van der Waals surface area (Å²) in [6.45, 7) is 3.62. The van der Waals surface area contributed by atoms with E-state index in [9.17, 15) is 14.4 Å². The number of aryl methyl sites for hydroxylation is 2. The zero-order valence-corrected chi connectivity index (χ0v) is 18.4. The number of rotatable bonds is 8. The van der Waals surface area contributed by atoms with Crippen LogP contribution >= 0.6 is 22.9 Å². The maximum Gasteiger partial charge on any atom is 0.255 e. The molecule has 3 N–H and O–H groups in total. The first-order valence-electron chi connectivity index (χ1n) is 9.30. The second-order valence-corrected chi connectivity index (χ2v) is 8.19. The number of Topliss-reactive ketones (excluding diaryl/α,β-unsaturated/α-hetero) is 1. The van der Waals surface area contributed by atoms with Crippen LogP contribution in [-0.2, 0) is 17.8 Å². The lowest BCUT2D eigenvalue weighted by molar-refractivity contribution is -0.129. The van der Waals surface area contributed by atoms with Gasteiger partial charge in [-0.15, -0.1) is 0 Å². The minimum Gasteiger partial charge on any atom is -0.316 e. The molecule has 1 aromatic carbocycles. The molecule has 9 nitrogen and oxygen atoms in total. The van der Waals surface area contributed by atoms with Crippen molar-refractivity contribution in [3.05, 3.63) is 67.7 Å². The molecule has 2 heterocycles. The van der Waals surface area contributed by atoms with E-state index in [-0.39, 0.29) is 36.5 Å². The van der Waals surface area contributed by atoms with Crippen LogP contribution in [0.25, 0.3) is 0 Å². The number of benzene rings is 1. The molecule has 0 aliphatic heterocycles. The van der Waals surface area contributed by atoms with E-state index < -0.39 is 5.91 Å². The van der Waals surface area contributed by atoms with E-state index in [0.29, 0.717) is 20.9 Å². The summed E-state index contributed by atoms with van der Waals surface area (Å²) in [6.07, 6.45) is 1.58. The second-order valence-electron chi connectivity index (χ2n) is 6.75. The summed E-state index contributed by atoms with van der Waals surface area (Å²) in [4.78, 5) is 45.1. The van der Waals surface area contributed by atoms with Crippen molar-refractivity contribution in [2.24, 2.45) is 0 Å². The number of hydroxylamine groups is 1. The van der Waals surface area contributed by atoms with Crippen molar-refractivity contribution in [2.45, 2.75) is 33.2 Å². The third-order valence-corrected chi connectivity index (χ3v) is 5.90. The summed E-state index contributed by atoms with van der Waals surface area (Å²) >= 11 is 7.37. The van der Waals surface area contributed by atoms with Crippen LogP contribution in [0.3, 0.4) is 0 Å². The van der Waals surface area contributed by atoms with Gasteiger partial charge in [-0.05, 0) is 31.0 Å². The Morgan fingerprint density at radius 2 is 2.06 bits per heavy atom. The summed E-state index contributed by atoms with van der Waals surface area (Å²) in [5.41, 5.74) is 2.89. The van der Waals surface area contributed by atoms with Crippen LogP contribution in [0.15, 0.2) is 35.3 Å². The van der Waals surface area contributed by atoms with E-state index in [0.717, 1.165) is 22.5 Å². The number of anilines is 2. The van der Waals surface area contributed by atoms with Gasteiger partial charge in [0.2, 0.25) is 5.91 Å². The molecule has 0 saturated carbocycles. The molecular formula is C20H20ClN5O4S. The maximum absolute atomic E-state index is 12.7. The Hall–Kier alpha value is -3.08. The number of ketones is 1. The second kappa shape index (κ2) is 9.82. The monoisotopic (exact) mass is 461 g/mol. The molecular weight excluding hydrogens is 442 g/mol. The Balaban J connectivity index is 1.71.